The highest BCUT2D eigenvalue weighted by Gasteiger charge is 2.42. The van der Waals surface area contributed by atoms with Crippen LogP contribution in [0.15, 0.2) is 36.4 Å². The van der Waals surface area contributed by atoms with Crippen molar-refractivity contribution in [3.05, 3.63) is 47.5 Å². The highest BCUT2D eigenvalue weighted by molar-refractivity contribution is 5.87. The SMILES string of the molecule is CC1(C(C#N)C#N)CCc2c1ccc1ccccc21. The Morgan fingerprint density at radius 3 is 2.58 bits per heavy atom. The summed E-state index contributed by atoms with van der Waals surface area (Å²) in [5, 5.41) is 20.9. The van der Waals surface area contributed by atoms with Crippen molar-refractivity contribution < 1.29 is 0 Å². The molecule has 0 spiro atoms. The van der Waals surface area contributed by atoms with E-state index in [0.717, 1.165) is 12.8 Å². The molecule has 1 unspecified atom stereocenters. The lowest BCUT2D eigenvalue weighted by Crippen LogP contribution is -2.27. The molecule has 19 heavy (non-hydrogen) atoms. The summed E-state index contributed by atoms with van der Waals surface area (Å²) in [6.07, 6.45) is 1.83. The second-order valence-electron chi connectivity index (χ2n) is 5.42. The van der Waals surface area contributed by atoms with Gasteiger partial charge in [0.1, 0.15) is 5.92 Å². The van der Waals surface area contributed by atoms with Gasteiger partial charge in [-0.1, -0.05) is 43.3 Å². The molecule has 1 aliphatic rings. The van der Waals surface area contributed by atoms with Gasteiger partial charge in [0.05, 0.1) is 12.1 Å². The van der Waals surface area contributed by atoms with E-state index in [1.54, 1.807) is 0 Å². The summed E-state index contributed by atoms with van der Waals surface area (Å²) < 4.78 is 0. The molecule has 2 nitrogen and oxygen atoms in total. The van der Waals surface area contributed by atoms with E-state index in [9.17, 15) is 10.5 Å². The average molecular weight is 246 g/mol. The Balaban J connectivity index is 2.25. The van der Waals surface area contributed by atoms with Crippen LogP contribution in [0.3, 0.4) is 0 Å². The van der Waals surface area contributed by atoms with Gasteiger partial charge < -0.3 is 0 Å². The maximum Gasteiger partial charge on any atom is 0.142 e. The van der Waals surface area contributed by atoms with Crippen molar-refractivity contribution in [2.24, 2.45) is 5.92 Å². The number of nitriles is 2. The molecule has 2 aromatic rings. The zero-order chi connectivity index (χ0) is 13.5. The molecule has 0 aliphatic heterocycles. The van der Waals surface area contributed by atoms with Crippen molar-refractivity contribution in [2.45, 2.75) is 25.2 Å². The van der Waals surface area contributed by atoms with Gasteiger partial charge in [0.15, 0.2) is 0 Å². The predicted molar refractivity (Wildman–Crippen MR) is 74.3 cm³/mol. The van der Waals surface area contributed by atoms with Crippen LogP contribution in [0.1, 0.15) is 24.5 Å². The maximum absolute atomic E-state index is 9.22. The third-order valence-electron chi connectivity index (χ3n) is 4.45. The van der Waals surface area contributed by atoms with Gasteiger partial charge in [0, 0.05) is 5.41 Å². The number of benzene rings is 2. The zero-order valence-corrected chi connectivity index (χ0v) is 10.9. The second-order valence-corrected chi connectivity index (χ2v) is 5.42. The van der Waals surface area contributed by atoms with Crippen molar-refractivity contribution in [3.63, 3.8) is 0 Å². The van der Waals surface area contributed by atoms with Crippen LogP contribution in [0.4, 0.5) is 0 Å². The molecule has 2 heteroatoms. The first kappa shape index (κ1) is 11.8. The number of rotatable bonds is 1. The first-order valence-electron chi connectivity index (χ1n) is 6.51. The van der Waals surface area contributed by atoms with Crippen molar-refractivity contribution in [1.82, 2.24) is 0 Å². The summed E-state index contributed by atoms with van der Waals surface area (Å²) in [6.45, 7) is 2.05. The number of hydrogen-bond donors (Lipinski definition) is 0. The van der Waals surface area contributed by atoms with Crippen LogP contribution in [0, 0.1) is 28.6 Å². The van der Waals surface area contributed by atoms with Gasteiger partial charge in [-0.3, -0.25) is 0 Å². The first-order chi connectivity index (χ1) is 9.20. The molecule has 92 valence electrons. The molecule has 0 amide bonds. The molecule has 0 saturated heterocycles. The Morgan fingerprint density at radius 2 is 1.84 bits per heavy atom. The lowest BCUT2D eigenvalue weighted by molar-refractivity contribution is 0.413. The van der Waals surface area contributed by atoms with Crippen LogP contribution >= 0.6 is 0 Å². The Bertz CT molecular complexity index is 719. The number of nitrogens with zero attached hydrogens (tertiary/aromatic N) is 2. The highest BCUT2D eigenvalue weighted by Crippen LogP contribution is 2.46. The summed E-state index contributed by atoms with van der Waals surface area (Å²) in [5.74, 6) is -0.574. The van der Waals surface area contributed by atoms with Crippen LogP contribution in [-0.2, 0) is 11.8 Å². The fourth-order valence-corrected chi connectivity index (χ4v) is 3.27. The van der Waals surface area contributed by atoms with Gasteiger partial charge in [0.2, 0.25) is 0 Å². The number of hydrogen-bond acceptors (Lipinski definition) is 2. The third kappa shape index (κ3) is 1.54. The summed E-state index contributed by atoms with van der Waals surface area (Å²) in [4.78, 5) is 0. The molecular weight excluding hydrogens is 232 g/mol. The van der Waals surface area contributed by atoms with Crippen molar-refractivity contribution >= 4 is 10.8 Å². The summed E-state index contributed by atoms with van der Waals surface area (Å²) in [6, 6.07) is 16.9. The number of aryl methyl sites for hydroxylation is 1. The normalized spacial score (nSPS) is 21.1. The molecule has 3 rings (SSSR count). The smallest absolute Gasteiger partial charge is 0.142 e. The fourth-order valence-electron chi connectivity index (χ4n) is 3.27. The van der Waals surface area contributed by atoms with E-state index in [4.69, 9.17) is 0 Å². The molecular formula is C17H14N2. The molecule has 1 aliphatic carbocycles. The topological polar surface area (TPSA) is 47.6 Å². The first-order valence-corrected chi connectivity index (χ1v) is 6.51. The van der Waals surface area contributed by atoms with Gasteiger partial charge in [0.25, 0.3) is 0 Å². The van der Waals surface area contributed by atoms with E-state index >= 15 is 0 Å². The van der Waals surface area contributed by atoms with Crippen LogP contribution < -0.4 is 0 Å². The van der Waals surface area contributed by atoms with Gasteiger partial charge >= 0.3 is 0 Å². The predicted octanol–water partition coefficient (Wildman–Crippen LogP) is 3.71. The lowest BCUT2D eigenvalue weighted by atomic mass is 9.74. The standard InChI is InChI=1S/C17H14N2/c1-17(13(10-18)11-19)9-8-15-14-5-3-2-4-12(14)6-7-16(15)17/h2-7,13H,8-9H2,1H3. The lowest BCUT2D eigenvalue weighted by Gasteiger charge is -2.26. The summed E-state index contributed by atoms with van der Waals surface area (Å²) >= 11 is 0. The molecule has 0 fully saturated rings. The van der Waals surface area contributed by atoms with Crippen LogP contribution in [-0.4, -0.2) is 0 Å². The Morgan fingerprint density at radius 1 is 1.11 bits per heavy atom. The second kappa shape index (κ2) is 4.11. The molecule has 0 heterocycles. The fraction of sp³-hybridized carbons (Fsp3) is 0.294. The van der Waals surface area contributed by atoms with Crippen molar-refractivity contribution in [3.8, 4) is 12.1 Å². The van der Waals surface area contributed by atoms with E-state index < -0.39 is 5.92 Å². The minimum Gasteiger partial charge on any atom is -0.197 e. The Kier molecular flexibility index (Phi) is 2.54. The highest BCUT2D eigenvalue weighted by atomic mass is 14.5. The summed E-state index contributed by atoms with van der Waals surface area (Å²) in [7, 11) is 0. The van der Waals surface area contributed by atoms with E-state index in [-0.39, 0.29) is 5.41 Å². The van der Waals surface area contributed by atoms with Crippen molar-refractivity contribution in [1.29, 1.82) is 10.5 Å². The van der Waals surface area contributed by atoms with E-state index in [2.05, 4.69) is 36.4 Å². The summed E-state index contributed by atoms with van der Waals surface area (Å²) in [5.41, 5.74) is 2.17. The van der Waals surface area contributed by atoms with E-state index in [0.29, 0.717) is 0 Å². The quantitative estimate of drug-likeness (QED) is 0.770. The molecule has 0 bridgehead atoms. The van der Waals surface area contributed by atoms with Crippen LogP contribution in [0.25, 0.3) is 10.8 Å². The van der Waals surface area contributed by atoms with Crippen LogP contribution in [0.2, 0.25) is 0 Å². The Labute approximate surface area is 112 Å². The van der Waals surface area contributed by atoms with E-state index in [1.807, 2.05) is 19.1 Å². The third-order valence-corrected chi connectivity index (χ3v) is 4.45. The van der Waals surface area contributed by atoms with Crippen molar-refractivity contribution in [2.75, 3.05) is 0 Å². The zero-order valence-electron chi connectivity index (χ0n) is 10.9. The largest absolute Gasteiger partial charge is 0.197 e. The van der Waals surface area contributed by atoms with Gasteiger partial charge in [-0.05, 0) is 34.7 Å². The molecule has 0 saturated carbocycles. The van der Waals surface area contributed by atoms with Gasteiger partial charge in [-0.15, -0.1) is 0 Å². The van der Waals surface area contributed by atoms with Gasteiger partial charge in [-0.25, -0.2) is 0 Å². The van der Waals surface area contributed by atoms with Gasteiger partial charge in [-0.2, -0.15) is 10.5 Å². The minimum absolute atomic E-state index is 0.330. The molecule has 0 radical (unpaired) electrons. The average Bonchev–Trinajstić information content (AvgIpc) is 2.79. The number of fused-ring (bicyclic) bond motifs is 3. The minimum atomic E-state index is -0.574. The molecule has 1 atom stereocenters. The van der Waals surface area contributed by atoms with Crippen LogP contribution in [0.5, 0.6) is 0 Å². The molecule has 0 N–H and O–H groups in total. The monoisotopic (exact) mass is 246 g/mol. The molecule has 0 aromatic heterocycles. The molecule has 2 aromatic carbocycles. The Hall–Kier alpha value is -2.32. The van der Waals surface area contributed by atoms with E-state index in [1.165, 1.54) is 21.9 Å². The maximum atomic E-state index is 9.22.